The van der Waals surface area contributed by atoms with Gasteiger partial charge in [-0.3, -0.25) is 4.98 Å². The molecule has 1 atom stereocenters. The first kappa shape index (κ1) is 14.2. The molecule has 1 unspecified atom stereocenters. The number of hydrogen-bond acceptors (Lipinski definition) is 2. The van der Waals surface area contributed by atoms with E-state index in [-0.39, 0.29) is 5.82 Å². The molecule has 0 aliphatic rings. The van der Waals surface area contributed by atoms with Gasteiger partial charge >= 0.3 is 0 Å². The second-order valence-corrected chi connectivity index (χ2v) is 5.58. The highest BCUT2D eigenvalue weighted by Crippen LogP contribution is 2.26. The minimum Gasteiger partial charge on any atom is -0.321 e. The molecular weight excluding hydrogens is 307 g/mol. The van der Waals surface area contributed by atoms with Crippen molar-refractivity contribution in [1.82, 2.24) is 4.98 Å². The molecule has 4 heteroatoms. The summed E-state index contributed by atoms with van der Waals surface area (Å²) in [6.07, 6.45) is 3.05. The first-order valence-electron chi connectivity index (χ1n) is 6.19. The van der Waals surface area contributed by atoms with Crippen LogP contribution in [0.25, 0.3) is 0 Å². The van der Waals surface area contributed by atoms with Gasteiger partial charge in [-0.05, 0) is 52.2 Å². The lowest BCUT2D eigenvalue weighted by Crippen LogP contribution is -2.38. The minimum absolute atomic E-state index is 0.260. The van der Waals surface area contributed by atoms with E-state index < -0.39 is 5.54 Å². The van der Waals surface area contributed by atoms with Crippen molar-refractivity contribution in [2.45, 2.75) is 25.3 Å². The van der Waals surface area contributed by atoms with Crippen molar-refractivity contribution >= 4 is 15.9 Å². The highest BCUT2D eigenvalue weighted by molar-refractivity contribution is 9.10. The fraction of sp³-hybridized carbons (Fsp3) is 0.267. The third-order valence-corrected chi connectivity index (χ3v) is 3.78. The quantitative estimate of drug-likeness (QED) is 0.930. The highest BCUT2D eigenvalue weighted by atomic mass is 79.9. The summed E-state index contributed by atoms with van der Waals surface area (Å²) in [5, 5.41) is 0. The summed E-state index contributed by atoms with van der Waals surface area (Å²) >= 11 is 3.35. The van der Waals surface area contributed by atoms with Crippen molar-refractivity contribution < 1.29 is 4.39 Å². The molecule has 0 saturated heterocycles. The Morgan fingerprint density at radius 1 is 1.32 bits per heavy atom. The molecule has 0 amide bonds. The molecule has 2 nitrogen and oxygen atoms in total. The summed E-state index contributed by atoms with van der Waals surface area (Å²) in [5.41, 5.74) is 7.55. The van der Waals surface area contributed by atoms with E-state index in [1.54, 1.807) is 12.3 Å². The van der Waals surface area contributed by atoms with Gasteiger partial charge in [-0.2, -0.15) is 0 Å². The van der Waals surface area contributed by atoms with E-state index in [4.69, 9.17) is 5.73 Å². The van der Waals surface area contributed by atoms with Gasteiger partial charge in [0.1, 0.15) is 5.82 Å². The maximum absolute atomic E-state index is 13.3. The number of pyridine rings is 1. The molecule has 0 spiro atoms. The van der Waals surface area contributed by atoms with E-state index in [1.165, 1.54) is 12.1 Å². The molecule has 100 valence electrons. The molecule has 2 N–H and O–H groups in total. The van der Waals surface area contributed by atoms with Gasteiger partial charge in [0, 0.05) is 28.3 Å². The van der Waals surface area contributed by atoms with Crippen LogP contribution < -0.4 is 5.73 Å². The smallest absolute Gasteiger partial charge is 0.123 e. The predicted octanol–water partition coefficient (Wildman–Crippen LogP) is 3.79. The zero-order valence-corrected chi connectivity index (χ0v) is 12.3. The van der Waals surface area contributed by atoms with Crippen LogP contribution in [0.2, 0.25) is 0 Å². The Morgan fingerprint density at radius 3 is 2.68 bits per heavy atom. The monoisotopic (exact) mass is 322 g/mol. The van der Waals surface area contributed by atoms with Crippen molar-refractivity contribution in [3.63, 3.8) is 0 Å². The summed E-state index contributed by atoms with van der Waals surface area (Å²) in [7, 11) is 0. The Bertz CT molecular complexity index is 556. The first-order chi connectivity index (χ1) is 9.03. The molecule has 0 fully saturated rings. The molecule has 0 aliphatic carbocycles. The first-order valence-corrected chi connectivity index (χ1v) is 6.98. The number of halogens is 2. The number of rotatable bonds is 4. The Balaban J connectivity index is 2.30. The number of hydrogen-bond donors (Lipinski definition) is 1. The third kappa shape index (κ3) is 3.39. The number of aromatic nitrogens is 1. The lowest BCUT2D eigenvalue weighted by atomic mass is 9.84. The maximum atomic E-state index is 13.3. The summed E-state index contributed by atoms with van der Waals surface area (Å²) in [6.45, 7) is 2.00. The minimum atomic E-state index is -0.594. The lowest BCUT2D eigenvalue weighted by molar-refractivity contribution is 0.417. The van der Waals surface area contributed by atoms with Gasteiger partial charge in [0.25, 0.3) is 0 Å². The van der Waals surface area contributed by atoms with Crippen molar-refractivity contribution in [3.8, 4) is 0 Å². The average Bonchev–Trinajstić information content (AvgIpc) is 2.41. The van der Waals surface area contributed by atoms with Gasteiger partial charge < -0.3 is 5.73 Å². The van der Waals surface area contributed by atoms with E-state index in [2.05, 4.69) is 20.9 Å². The van der Waals surface area contributed by atoms with Gasteiger partial charge in [0.05, 0.1) is 0 Å². The molecule has 0 bridgehead atoms. The molecule has 19 heavy (non-hydrogen) atoms. The highest BCUT2D eigenvalue weighted by Gasteiger charge is 2.26. The van der Waals surface area contributed by atoms with Gasteiger partial charge in [0.15, 0.2) is 0 Å². The standard InChI is InChI=1S/C15H16BrFN2/c1-2-15(18,11-4-3-5-13(17)8-11)9-14-7-6-12(16)10-19-14/h3-8,10H,2,9,18H2,1H3. The molecule has 2 rings (SSSR count). The van der Waals surface area contributed by atoms with E-state index in [0.29, 0.717) is 12.8 Å². The number of benzene rings is 1. The Hall–Kier alpha value is -1.26. The van der Waals surface area contributed by atoms with Gasteiger partial charge in [-0.25, -0.2) is 4.39 Å². The zero-order valence-electron chi connectivity index (χ0n) is 10.7. The number of nitrogens with zero attached hydrogens (tertiary/aromatic N) is 1. The van der Waals surface area contributed by atoms with Crippen molar-refractivity contribution in [1.29, 1.82) is 0 Å². The van der Waals surface area contributed by atoms with Crippen LogP contribution >= 0.6 is 15.9 Å². The maximum Gasteiger partial charge on any atom is 0.123 e. The molecule has 1 heterocycles. The molecule has 0 saturated carbocycles. The van der Waals surface area contributed by atoms with Crippen LogP contribution in [-0.2, 0) is 12.0 Å². The van der Waals surface area contributed by atoms with Crippen LogP contribution in [0.15, 0.2) is 47.1 Å². The fourth-order valence-electron chi connectivity index (χ4n) is 2.06. The Morgan fingerprint density at radius 2 is 2.11 bits per heavy atom. The average molecular weight is 323 g/mol. The summed E-state index contributed by atoms with van der Waals surface area (Å²) in [4.78, 5) is 4.34. The normalized spacial score (nSPS) is 14.1. The molecule has 2 aromatic rings. The fourth-order valence-corrected chi connectivity index (χ4v) is 2.30. The van der Waals surface area contributed by atoms with Crippen LogP contribution in [-0.4, -0.2) is 4.98 Å². The van der Waals surface area contributed by atoms with Gasteiger partial charge in [0.2, 0.25) is 0 Å². The SMILES string of the molecule is CCC(N)(Cc1ccc(Br)cn1)c1cccc(F)c1. The van der Waals surface area contributed by atoms with Crippen molar-refractivity contribution in [3.05, 3.63) is 64.1 Å². The van der Waals surface area contributed by atoms with Crippen molar-refractivity contribution in [2.24, 2.45) is 5.73 Å². The topological polar surface area (TPSA) is 38.9 Å². The van der Waals surface area contributed by atoms with E-state index in [0.717, 1.165) is 15.7 Å². The Labute approximate surface area is 121 Å². The Kier molecular flexibility index (Phi) is 4.32. The molecule has 0 aliphatic heterocycles. The van der Waals surface area contributed by atoms with Crippen LogP contribution in [0.4, 0.5) is 4.39 Å². The molecular formula is C15H16BrFN2. The summed E-state index contributed by atoms with van der Waals surface area (Å²) in [6, 6.07) is 10.4. The van der Waals surface area contributed by atoms with E-state index >= 15 is 0 Å². The predicted molar refractivity (Wildman–Crippen MR) is 78.2 cm³/mol. The molecule has 0 radical (unpaired) electrons. The third-order valence-electron chi connectivity index (χ3n) is 3.32. The van der Waals surface area contributed by atoms with Gasteiger partial charge in [-0.15, -0.1) is 0 Å². The summed E-state index contributed by atoms with van der Waals surface area (Å²) in [5.74, 6) is -0.260. The largest absolute Gasteiger partial charge is 0.321 e. The van der Waals surface area contributed by atoms with E-state index in [9.17, 15) is 4.39 Å². The second-order valence-electron chi connectivity index (χ2n) is 4.66. The van der Waals surface area contributed by atoms with Crippen molar-refractivity contribution in [2.75, 3.05) is 0 Å². The van der Waals surface area contributed by atoms with Crippen LogP contribution in [0.3, 0.4) is 0 Å². The summed E-state index contributed by atoms with van der Waals surface area (Å²) < 4.78 is 14.3. The van der Waals surface area contributed by atoms with Crippen LogP contribution in [0, 0.1) is 5.82 Å². The van der Waals surface area contributed by atoms with Crippen LogP contribution in [0.1, 0.15) is 24.6 Å². The van der Waals surface area contributed by atoms with Crippen LogP contribution in [0.5, 0.6) is 0 Å². The molecule has 1 aromatic carbocycles. The van der Waals surface area contributed by atoms with E-state index in [1.807, 2.05) is 25.1 Å². The number of nitrogens with two attached hydrogens (primary N) is 1. The van der Waals surface area contributed by atoms with Gasteiger partial charge in [-0.1, -0.05) is 19.1 Å². The lowest BCUT2D eigenvalue weighted by Gasteiger charge is -2.28. The second kappa shape index (κ2) is 5.80. The zero-order chi connectivity index (χ0) is 13.9. The molecule has 1 aromatic heterocycles.